The van der Waals surface area contributed by atoms with E-state index in [0.717, 1.165) is 17.8 Å². The van der Waals surface area contributed by atoms with Crippen molar-refractivity contribution in [3.8, 4) is 0 Å². The molecule has 1 amide bonds. The molecule has 0 aliphatic carbocycles. The number of amides is 1. The Bertz CT molecular complexity index is 549. The number of carbonyl (C=O) groups excluding carboxylic acids is 1. The SMILES string of the molecule is CNCc1ccc(NC(=O)C(C)c2ccccc2)cc1. The van der Waals surface area contributed by atoms with Crippen LogP contribution in [-0.2, 0) is 11.3 Å². The van der Waals surface area contributed by atoms with E-state index in [2.05, 4.69) is 10.6 Å². The molecule has 2 aromatic carbocycles. The van der Waals surface area contributed by atoms with Crippen LogP contribution in [0, 0.1) is 0 Å². The van der Waals surface area contributed by atoms with Crippen molar-refractivity contribution < 1.29 is 4.79 Å². The quantitative estimate of drug-likeness (QED) is 0.874. The molecule has 2 N–H and O–H groups in total. The Morgan fingerprint density at radius 2 is 1.70 bits per heavy atom. The van der Waals surface area contributed by atoms with Gasteiger partial charge in [-0.1, -0.05) is 42.5 Å². The van der Waals surface area contributed by atoms with Crippen LogP contribution in [0.15, 0.2) is 54.6 Å². The molecule has 0 bridgehead atoms. The van der Waals surface area contributed by atoms with E-state index in [1.165, 1.54) is 5.56 Å². The van der Waals surface area contributed by atoms with Gasteiger partial charge in [-0.25, -0.2) is 0 Å². The fraction of sp³-hybridized carbons (Fsp3) is 0.235. The number of carbonyl (C=O) groups is 1. The van der Waals surface area contributed by atoms with Gasteiger partial charge in [-0.3, -0.25) is 4.79 Å². The van der Waals surface area contributed by atoms with Gasteiger partial charge in [-0.15, -0.1) is 0 Å². The number of nitrogens with one attached hydrogen (secondary N) is 2. The third kappa shape index (κ3) is 3.68. The first-order valence-corrected chi connectivity index (χ1v) is 6.80. The summed E-state index contributed by atoms with van der Waals surface area (Å²) in [5.74, 6) is -0.147. The smallest absolute Gasteiger partial charge is 0.231 e. The first-order chi connectivity index (χ1) is 9.70. The van der Waals surface area contributed by atoms with Gasteiger partial charge in [0.15, 0.2) is 0 Å². The van der Waals surface area contributed by atoms with E-state index < -0.39 is 0 Å². The van der Waals surface area contributed by atoms with Crippen LogP contribution >= 0.6 is 0 Å². The second kappa shape index (κ2) is 6.87. The van der Waals surface area contributed by atoms with E-state index in [1.54, 1.807) is 0 Å². The molecule has 0 saturated carbocycles. The molecule has 0 fully saturated rings. The first kappa shape index (κ1) is 14.3. The molecule has 0 radical (unpaired) electrons. The summed E-state index contributed by atoms with van der Waals surface area (Å²) in [6.07, 6.45) is 0. The average Bonchev–Trinajstić information content (AvgIpc) is 2.49. The second-order valence-electron chi connectivity index (χ2n) is 4.85. The van der Waals surface area contributed by atoms with Gasteiger partial charge >= 0.3 is 0 Å². The zero-order valence-corrected chi connectivity index (χ0v) is 11.9. The summed E-state index contributed by atoms with van der Waals surface area (Å²) in [6, 6.07) is 17.7. The number of anilines is 1. The predicted octanol–water partition coefficient (Wildman–Crippen LogP) is 3.15. The van der Waals surface area contributed by atoms with Crippen molar-refractivity contribution >= 4 is 11.6 Å². The number of hydrogen-bond donors (Lipinski definition) is 2. The van der Waals surface area contributed by atoms with Crippen LogP contribution in [0.1, 0.15) is 24.0 Å². The van der Waals surface area contributed by atoms with Crippen LogP contribution in [0.3, 0.4) is 0 Å². The van der Waals surface area contributed by atoms with Crippen molar-refractivity contribution in [2.45, 2.75) is 19.4 Å². The third-order valence-electron chi connectivity index (χ3n) is 3.30. The maximum Gasteiger partial charge on any atom is 0.231 e. The Morgan fingerprint density at radius 3 is 2.30 bits per heavy atom. The molecule has 104 valence electrons. The van der Waals surface area contributed by atoms with Crippen molar-refractivity contribution in [2.24, 2.45) is 0 Å². The van der Waals surface area contributed by atoms with E-state index >= 15 is 0 Å². The highest BCUT2D eigenvalue weighted by Gasteiger charge is 2.14. The lowest BCUT2D eigenvalue weighted by Crippen LogP contribution is -2.18. The molecular weight excluding hydrogens is 248 g/mol. The van der Waals surface area contributed by atoms with E-state index in [9.17, 15) is 4.79 Å². The average molecular weight is 268 g/mol. The van der Waals surface area contributed by atoms with E-state index in [0.29, 0.717) is 0 Å². The van der Waals surface area contributed by atoms with E-state index in [1.807, 2.05) is 68.6 Å². The Labute approximate surface area is 120 Å². The van der Waals surface area contributed by atoms with Gasteiger partial charge < -0.3 is 10.6 Å². The molecule has 1 atom stereocenters. The monoisotopic (exact) mass is 268 g/mol. The van der Waals surface area contributed by atoms with Crippen molar-refractivity contribution in [3.05, 3.63) is 65.7 Å². The van der Waals surface area contributed by atoms with Crippen LogP contribution < -0.4 is 10.6 Å². The Morgan fingerprint density at radius 1 is 1.05 bits per heavy atom. The number of rotatable bonds is 5. The van der Waals surface area contributed by atoms with Gasteiger partial charge in [0, 0.05) is 12.2 Å². The molecule has 3 nitrogen and oxygen atoms in total. The molecule has 0 aliphatic rings. The molecule has 0 saturated heterocycles. The van der Waals surface area contributed by atoms with Gasteiger partial charge in [0.25, 0.3) is 0 Å². The molecule has 1 unspecified atom stereocenters. The first-order valence-electron chi connectivity index (χ1n) is 6.80. The topological polar surface area (TPSA) is 41.1 Å². The zero-order chi connectivity index (χ0) is 14.4. The fourth-order valence-corrected chi connectivity index (χ4v) is 2.05. The predicted molar refractivity (Wildman–Crippen MR) is 82.7 cm³/mol. The summed E-state index contributed by atoms with van der Waals surface area (Å²) in [4.78, 5) is 12.2. The van der Waals surface area contributed by atoms with Gasteiger partial charge in [-0.2, -0.15) is 0 Å². The van der Waals surface area contributed by atoms with Gasteiger partial charge in [-0.05, 0) is 37.2 Å². The molecule has 3 heteroatoms. The highest BCUT2D eigenvalue weighted by molar-refractivity contribution is 5.95. The van der Waals surface area contributed by atoms with Gasteiger partial charge in [0.2, 0.25) is 5.91 Å². The minimum absolute atomic E-state index is 0.0116. The highest BCUT2D eigenvalue weighted by atomic mass is 16.1. The van der Waals surface area contributed by atoms with Crippen LogP contribution in [0.5, 0.6) is 0 Å². The summed E-state index contributed by atoms with van der Waals surface area (Å²) >= 11 is 0. The van der Waals surface area contributed by atoms with Crippen molar-refractivity contribution in [3.63, 3.8) is 0 Å². The summed E-state index contributed by atoms with van der Waals surface area (Å²) in [5.41, 5.74) is 3.05. The maximum atomic E-state index is 12.2. The normalized spacial score (nSPS) is 11.9. The summed E-state index contributed by atoms with van der Waals surface area (Å²) in [6.45, 7) is 2.74. The maximum absolute atomic E-state index is 12.2. The highest BCUT2D eigenvalue weighted by Crippen LogP contribution is 2.18. The van der Waals surface area contributed by atoms with Crippen molar-refractivity contribution in [1.82, 2.24) is 5.32 Å². The van der Waals surface area contributed by atoms with Crippen molar-refractivity contribution in [2.75, 3.05) is 12.4 Å². The van der Waals surface area contributed by atoms with Crippen LogP contribution in [0.4, 0.5) is 5.69 Å². The minimum atomic E-state index is -0.159. The molecule has 2 rings (SSSR count). The van der Waals surface area contributed by atoms with Crippen LogP contribution in [0.2, 0.25) is 0 Å². The van der Waals surface area contributed by atoms with Crippen molar-refractivity contribution in [1.29, 1.82) is 0 Å². The lowest BCUT2D eigenvalue weighted by Gasteiger charge is -2.13. The number of hydrogen-bond acceptors (Lipinski definition) is 2. The van der Waals surface area contributed by atoms with Gasteiger partial charge in [0.1, 0.15) is 0 Å². The molecule has 2 aromatic rings. The third-order valence-corrected chi connectivity index (χ3v) is 3.30. The van der Waals surface area contributed by atoms with Crippen LogP contribution in [-0.4, -0.2) is 13.0 Å². The summed E-state index contributed by atoms with van der Waals surface area (Å²) < 4.78 is 0. The Kier molecular flexibility index (Phi) is 4.91. The standard InChI is InChI=1S/C17H20N2O/c1-13(15-6-4-3-5-7-15)17(20)19-16-10-8-14(9-11-16)12-18-2/h3-11,13,18H,12H2,1-2H3,(H,19,20). The summed E-state index contributed by atoms with van der Waals surface area (Å²) in [7, 11) is 1.91. The second-order valence-corrected chi connectivity index (χ2v) is 4.85. The molecule has 0 aliphatic heterocycles. The Hall–Kier alpha value is -2.13. The van der Waals surface area contributed by atoms with E-state index in [-0.39, 0.29) is 11.8 Å². The lowest BCUT2D eigenvalue weighted by molar-refractivity contribution is -0.117. The fourth-order valence-electron chi connectivity index (χ4n) is 2.05. The summed E-state index contributed by atoms with van der Waals surface area (Å²) in [5, 5.41) is 6.05. The molecule has 0 aromatic heterocycles. The molecular formula is C17H20N2O. The molecule has 20 heavy (non-hydrogen) atoms. The molecule has 0 heterocycles. The van der Waals surface area contributed by atoms with E-state index in [4.69, 9.17) is 0 Å². The number of benzene rings is 2. The Balaban J connectivity index is 2.00. The largest absolute Gasteiger partial charge is 0.326 e. The lowest BCUT2D eigenvalue weighted by atomic mass is 10.0. The molecule has 0 spiro atoms. The minimum Gasteiger partial charge on any atom is -0.326 e. The zero-order valence-electron chi connectivity index (χ0n) is 11.9. The van der Waals surface area contributed by atoms with Gasteiger partial charge in [0.05, 0.1) is 5.92 Å². The van der Waals surface area contributed by atoms with Crippen LogP contribution in [0.25, 0.3) is 0 Å².